The zero-order chi connectivity index (χ0) is 14.5. The van der Waals surface area contributed by atoms with Crippen molar-refractivity contribution in [3.63, 3.8) is 0 Å². The van der Waals surface area contributed by atoms with Gasteiger partial charge in [0.05, 0.1) is 6.54 Å². The van der Waals surface area contributed by atoms with Crippen LogP contribution >= 0.6 is 0 Å². The SMILES string of the molecule is CCn1cnnc1CNC1CCCCC1C1CCCCN1. The van der Waals surface area contributed by atoms with Crippen molar-refractivity contribution in [1.29, 1.82) is 0 Å². The fraction of sp³-hybridized carbons (Fsp3) is 0.875. The standard InChI is InChI=1S/C16H29N5/c1-2-21-12-19-20-16(21)11-18-15-8-4-3-7-13(15)14-9-5-6-10-17-14/h12-15,17-18H,2-11H2,1H3. The molecule has 5 nitrogen and oxygen atoms in total. The highest BCUT2D eigenvalue weighted by Crippen LogP contribution is 2.30. The van der Waals surface area contributed by atoms with Gasteiger partial charge in [-0.3, -0.25) is 0 Å². The smallest absolute Gasteiger partial charge is 0.146 e. The molecule has 118 valence electrons. The van der Waals surface area contributed by atoms with Crippen LogP contribution in [0.2, 0.25) is 0 Å². The summed E-state index contributed by atoms with van der Waals surface area (Å²) in [5.41, 5.74) is 0. The van der Waals surface area contributed by atoms with Gasteiger partial charge in [-0.05, 0) is 45.1 Å². The number of nitrogens with one attached hydrogen (secondary N) is 2. The van der Waals surface area contributed by atoms with Crippen molar-refractivity contribution in [2.75, 3.05) is 6.54 Å². The first-order chi connectivity index (χ1) is 10.4. The highest BCUT2D eigenvalue weighted by molar-refractivity contribution is 4.93. The van der Waals surface area contributed by atoms with E-state index in [1.165, 1.54) is 51.5 Å². The number of aromatic nitrogens is 3. The lowest BCUT2D eigenvalue weighted by Gasteiger charge is -2.40. The lowest BCUT2D eigenvalue weighted by atomic mass is 9.77. The Morgan fingerprint density at radius 1 is 1.24 bits per heavy atom. The minimum Gasteiger partial charge on any atom is -0.317 e. The van der Waals surface area contributed by atoms with Crippen molar-refractivity contribution < 1.29 is 0 Å². The van der Waals surface area contributed by atoms with Gasteiger partial charge in [0.1, 0.15) is 12.2 Å². The maximum Gasteiger partial charge on any atom is 0.146 e. The van der Waals surface area contributed by atoms with Gasteiger partial charge in [0.25, 0.3) is 0 Å². The predicted octanol–water partition coefficient (Wildman–Crippen LogP) is 2.09. The van der Waals surface area contributed by atoms with Crippen molar-refractivity contribution in [1.82, 2.24) is 25.4 Å². The van der Waals surface area contributed by atoms with Crippen molar-refractivity contribution in [3.05, 3.63) is 12.2 Å². The van der Waals surface area contributed by atoms with E-state index in [9.17, 15) is 0 Å². The van der Waals surface area contributed by atoms with Gasteiger partial charge in [0.2, 0.25) is 0 Å². The molecule has 0 amide bonds. The Morgan fingerprint density at radius 3 is 2.90 bits per heavy atom. The zero-order valence-electron chi connectivity index (χ0n) is 13.2. The fourth-order valence-corrected chi connectivity index (χ4v) is 4.04. The van der Waals surface area contributed by atoms with Crippen LogP contribution in [-0.2, 0) is 13.1 Å². The van der Waals surface area contributed by atoms with Crippen LogP contribution in [0.3, 0.4) is 0 Å². The highest BCUT2D eigenvalue weighted by Gasteiger charge is 2.32. The highest BCUT2D eigenvalue weighted by atomic mass is 15.3. The first kappa shape index (κ1) is 15.0. The quantitative estimate of drug-likeness (QED) is 0.872. The van der Waals surface area contributed by atoms with Crippen LogP contribution in [0, 0.1) is 5.92 Å². The molecule has 1 aliphatic carbocycles. The Kier molecular flexibility index (Phi) is 5.25. The number of aryl methyl sites for hydroxylation is 1. The van der Waals surface area contributed by atoms with Crippen LogP contribution in [0.5, 0.6) is 0 Å². The van der Waals surface area contributed by atoms with Crippen LogP contribution in [0.25, 0.3) is 0 Å². The second-order valence-corrected chi connectivity index (χ2v) is 6.53. The third-order valence-electron chi connectivity index (χ3n) is 5.24. The summed E-state index contributed by atoms with van der Waals surface area (Å²) >= 11 is 0. The molecule has 3 unspecified atom stereocenters. The summed E-state index contributed by atoms with van der Waals surface area (Å²) in [6.07, 6.45) is 11.4. The maximum absolute atomic E-state index is 4.24. The molecule has 2 heterocycles. The van der Waals surface area contributed by atoms with Gasteiger partial charge in [-0.1, -0.05) is 19.3 Å². The van der Waals surface area contributed by atoms with Gasteiger partial charge in [-0.15, -0.1) is 10.2 Å². The van der Waals surface area contributed by atoms with Gasteiger partial charge < -0.3 is 15.2 Å². The summed E-state index contributed by atoms with van der Waals surface area (Å²) in [6, 6.07) is 1.36. The number of nitrogens with zero attached hydrogens (tertiary/aromatic N) is 3. The Balaban J connectivity index is 1.58. The molecule has 3 atom stereocenters. The molecule has 2 fully saturated rings. The van der Waals surface area contributed by atoms with Crippen molar-refractivity contribution in [2.24, 2.45) is 5.92 Å². The van der Waals surface area contributed by atoms with E-state index >= 15 is 0 Å². The lowest BCUT2D eigenvalue weighted by Crippen LogP contribution is -2.50. The number of hydrogen-bond donors (Lipinski definition) is 2. The molecule has 1 saturated carbocycles. The predicted molar refractivity (Wildman–Crippen MR) is 83.9 cm³/mol. The van der Waals surface area contributed by atoms with Crippen LogP contribution in [0.15, 0.2) is 6.33 Å². The summed E-state index contributed by atoms with van der Waals surface area (Å²) in [7, 11) is 0. The number of hydrogen-bond acceptors (Lipinski definition) is 4. The zero-order valence-corrected chi connectivity index (χ0v) is 13.2. The summed E-state index contributed by atoms with van der Waals surface area (Å²) in [5.74, 6) is 1.86. The molecule has 21 heavy (non-hydrogen) atoms. The van der Waals surface area contributed by atoms with Gasteiger partial charge >= 0.3 is 0 Å². The second kappa shape index (κ2) is 7.36. The molecule has 1 saturated heterocycles. The van der Waals surface area contributed by atoms with E-state index in [1.54, 1.807) is 0 Å². The van der Waals surface area contributed by atoms with Gasteiger partial charge in [-0.25, -0.2) is 0 Å². The Bertz CT molecular complexity index is 424. The van der Waals surface area contributed by atoms with E-state index < -0.39 is 0 Å². The van der Waals surface area contributed by atoms with Crippen LogP contribution in [0.4, 0.5) is 0 Å². The van der Waals surface area contributed by atoms with E-state index in [-0.39, 0.29) is 0 Å². The lowest BCUT2D eigenvalue weighted by molar-refractivity contribution is 0.180. The number of piperidine rings is 1. The molecule has 0 spiro atoms. The van der Waals surface area contributed by atoms with Crippen LogP contribution < -0.4 is 10.6 Å². The Labute approximate surface area is 127 Å². The fourth-order valence-electron chi connectivity index (χ4n) is 4.04. The normalized spacial score (nSPS) is 30.4. The summed E-state index contributed by atoms with van der Waals surface area (Å²) in [5, 5.41) is 15.8. The molecule has 2 N–H and O–H groups in total. The number of rotatable bonds is 5. The van der Waals surface area contributed by atoms with Crippen LogP contribution in [-0.4, -0.2) is 33.4 Å². The molecule has 0 aromatic carbocycles. The minimum absolute atomic E-state index is 0.636. The molecule has 1 aromatic rings. The molecule has 1 aliphatic heterocycles. The van der Waals surface area contributed by atoms with Gasteiger partial charge in [-0.2, -0.15) is 0 Å². The van der Waals surface area contributed by atoms with Crippen LogP contribution in [0.1, 0.15) is 57.7 Å². The summed E-state index contributed by atoms with van der Waals surface area (Å²) in [6.45, 7) is 5.14. The Morgan fingerprint density at radius 2 is 2.10 bits per heavy atom. The average Bonchev–Trinajstić information content (AvgIpc) is 3.01. The molecule has 2 aliphatic rings. The average molecular weight is 291 g/mol. The summed E-state index contributed by atoms with van der Waals surface area (Å²) in [4.78, 5) is 0. The topological polar surface area (TPSA) is 54.8 Å². The molecule has 5 heteroatoms. The van der Waals surface area contributed by atoms with E-state index in [2.05, 4.69) is 32.3 Å². The van der Waals surface area contributed by atoms with E-state index in [0.717, 1.165) is 30.9 Å². The van der Waals surface area contributed by atoms with Crippen molar-refractivity contribution >= 4 is 0 Å². The third-order valence-corrected chi connectivity index (χ3v) is 5.24. The van der Waals surface area contributed by atoms with Gasteiger partial charge in [0.15, 0.2) is 0 Å². The molecule has 0 radical (unpaired) electrons. The summed E-state index contributed by atoms with van der Waals surface area (Å²) < 4.78 is 2.13. The first-order valence-electron chi connectivity index (χ1n) is 8.72. The minimum atomic E-state index is 0.636. The molecular formula is C16H29N5. The third kappa shape index (κ3) is 3.64. The maximum atomic E-state index is 4.24. The van der Waals surface area contributed by atoms with E-state index in [0.29, 0.717) is 6.04 Å². The molecule has 1 aromatic heterocycles. The Hall–Kier alpha value is -0.940. The molecule has 3 rings (SSSR count). The largest absolute Gasteiger partial charge is 0.317 e. The van der Waals surface area contributed by atoms with Gasteiger partial charge in [0, 0.05) is 18.6 Å². The van der Waals surface area contributed by atoms with Crippen molar-refractivity contribution in [3.8, 4) is 0 Å². The monoisotopic (exact) mass is 291 g/mol. The van der Waals surface area contributed by atoms with E-state index in [4.69, 9.17) is 0 Å². The first-order valence-corrected chi connectivity index (χ1v) is 8.72. The second-order valence-electron chi connectivity index (χ2n) is 6.53. The van der Waals surface area contributed by atoms with Crippen molar-refractivity contribution in [2.45, 2.75) is 77.0 Å². The molecular weight excluding hydrogens is 262 g/mol. The van der Waals surface area contributed by atoms with E-state index in [1.807, 2.05) is 6.33 Å². The molecule has 0 bridgehead atoms.